The molecule has 2 aromatic carbocycles. The number of carbonyl (C=O) groups is 1. The maximum Gasteiger partial charge on any atom is 0.416 e. The maximum atomic E-state index is 13.0. The van der Waals surface area contributed by atoms with Crippen LogP contribution in [0.1, 0.15) is 21.5 Å². The maximum absolute atomic E-state index is 13.0. The van der Waals surface area contributed by atoms with Gasteiger partial charge in [0.2, 0.25) is 17.8 Å². The highest BCUT2D eigenvalue weighted by Gasteiger charge is 2.32. The molecule has 0 atom stereocenters. The first-order valence-electron chi connectivity index (χ1n) is 9.76. The number of benzene rings is 2. The molecule has 0 spiro atoms. The number of nitrogens with two attached hydrogens (primary N) is 1. The highest BCUT2D eigenvalue weighted by molar-refractivity contribution is 5.95. The molecule has 4 rings (SSSR count). The van der Waals surface area contributed by atoms with E-state index in [4.69, 9.17) is 10.5 Å². The summed E-state index contributed by atoms with van der Waals surface area (Å²) in [6.45, 7) is 0.0438. The van der Waals surface area contributed by atoms with Crippen LogP contribution in [-0.4, -0.2) is 40.1 Å². The second kappa shape index (κ2) is 8.88. The molecule has 0 radical (unpaired) electrons. The molecule has 3 N–H and O–H groups in total. The van der Waals surface area contributed by atoms with Crippen LogP contribution >= 0.6 is 0 Å². The predicted molar refractivity (Wildman–Crippen MR) is 111 cm³/mol. The second-order valence-corrected chi connectivity index (χ2v) is 7.27. The van der Waals surface area contributed by atoms with Gasteiger partial charge in [0, 0.05) is 11.3 Å². The molecule has 1 saturated heterocycles. The van der Waals surface area contributed by atoms with Crippen molar-refractivity contribution in [1.82, 2.24) is 15.0 Å². The van der Waals surface area contributed by atoms with Gasteiger partial charge in [-0.15, -0.1) is 0 Å². The summed E-state index contributed by atoms with van der Waals surface area (Å²) in [4.78, 5) is 25.8. The smallest absolute Gasteiger partial charge is 0.416 e. The van der Waals surface area contributed by atoms with Crippen molar-refractivity contribution in [3.63, 3.8) is 0 Å². The average Bonchev–Trinajstić information content (AvgIpc) is 2.75. The molecule has 0 aliphatic carbocycles. The lowest BCUT2D eigenvalue weighted by Crippen LogP contribution is -2.54. The number of hydrogen-bond acceptors (Lipinski definition) is 7. The summed E-state index contributed by atoms with van der Waals surface area (Å²) in [7, 11) is 0. The Morgan fingerprint density at radius 1 is 1.15 bits per heavy atom. The van der Waals surface area contributed by atoms with Crippen LogP contribution in [0.5, 0.6) is 5.75 Å². The van der Waals surface area contributed by atoms with E-state index in [1.807, 2.05) is 4.90 Å². The molecule has 33 heavy (non-hydrogen) atoms. The third-order valence-corrected chi connectivity index (χ3v) is 4.95. The first-order valence-corrected chi connectivity index (χ1v) is 9.76. The number of nitrogens with one attached hydrogen (secondary N) is 1. The van der Waals surface area contributed by atoms with Crippen molar-refractivity contribution < 1.29 is 27.1 Å². The molecule has 0 unspecified atom stereocenters. The number of nitrogens with zero attached hydrogens (tertiary/aromatic N) is 4. The van der Waals surface area contributed by atoms with Crippen molar-refractivity contribution in [3.8, 4) is 5.75 Å². The van der Waals surface area contributed by atoms with Crippen molar-refractivity contribution in [2.24, 2.45) is 5.73 Å². The van der Waals surface area contributed by atoms with Crippen molar-refractivity contribution in [3.05, 3.63) is 65.5 Å². The zero-order chi connectivity index (χ0) is 23.6. The van der Waals surface area contributed by atoms with Crippen LogP contribution in [0.4, 0.5) is 35.1 Å². The molecule has 8 nitrogen and oxygen atoms in total. The number of anilines is 3. The molecule has 1 amide bonds. The van der Waals surface area contributed by atoms with Crippen molar-refractivity contribution >= 4 is 23.5 Å². The molecular weight excluding hydrogens is 444 g/mol. The van der Waals surface area contributed by atoms with E-state index in [0.29, 0.717) is 30.5 Å². The summed E-state index contributed by atoms with van der Waals surface area (Å²) in [5.41, 5.74) is 5.25. The van der Waals surface area contributed by atoms with Gasteiger partial charge >= 0.3 is 6.18 Å². The van der Waals surface area contributed by atoms with Gasteiger partial charge in [-0.3, -0.25) is 4.79 Å². The monoisotopic (exact) mass is 462 g/mol. The van der Waals surface area contributed by atoms with Crippen LogP contribution in [0, 0.1) is 0 Å². The van der Waals surface area contributed by atoms with E-state index >= 15 is 0 Å². The predicted octanol–water partition coefficient (Wildman–Crippen LogP) is 3.47. The number of amides is 1. The quantitative estimate of drug-likeness (QED) is 0.518. The van der Waals surface area contributed by atoms with E-state index < -0.39 is 24.3 Å². The fourth-order valence-electron chi connectivity index (χ4n) is 3.22. The van der Waals surface area contributed by atoms with Gasteiger partial charge in [-0.1, -0.05) is 6.07 Å². The van der Waals surface area contributed by atoms with E-state index in [1.54, 1.807) is 6.07 Å². The summed E-state index contributed by atoms with van der Waals surface area (Å²) in [5.74, 6) is 0.167. The van der Waals surface area contributed by atoms with E-state index in [0.717, 1.165) is 12.1 Å². The number of aromatic nitrogens is 3. The van der Waals surface area contributed by atoms with E-state index in [-0.39, 0.29) is 23.2 Å². The Balaban J connectivity index is 1.37. The normalized spacial score (nSPS) is 14.0. The molecule has 0 bridgehead atoms. The topological polar surface area (TPSA) is 106 Å². The number of ether oxygens (including phenoxy) is 1. The van der Waals surface area contributed by atoms with E-state index in [9.17, 15) is 22.4 Å². The van der Waals surface area contributed by atoms with E-state index in [2.05, 4.69) is 20.3 Å². The largest absolute Gasteiger partial charge is 0.487 e. The fraction of sp³-hybridized carbons (Fsp3) is 0.238. The van der Waals surface area contributed by atoms with Crippen LogP contribution in [-0.2, 0) is 12.9 Å². The molecule has 172 valence electrons. The van der Waals surface area contributed by atoms with Gasteiger partial charge in [-0.25, -0.2) is 14.4 Å². The summed E-state index contributed by atoms with van der Waals surface area (Å²) < 4.78 is 56.6. The highest BCUT2D eigenvalue weighted by Crippen LogP contribution is 2.31. The first-order chi connectivity index (χ1) is 15.7. The number of hydrogen-bond donors (Lipinski definition) is 2. The zero-order valence-electron chi connectivity index (χ0n) is 17.0. The molecule has 1 aliphatic heterocycles. The fourth-order valence-corrected chi connectivity index (χ4v) is 3.22. The van der Waals surface area contributed by atoms with Gasteiger partial charge in [-0.2, -0.15) is 18.2 Å². The number of carbonyl (C=O) groups excluding carboxylic acids is 1. The molecule has 1 aromatic heterocycles. The number of primary amides is 1. The number of halogens is 4. The van der Waals surface area contributed by atoms with E-state index in [1.165, 1.54) is 30.6 Å². The summed E-state index contributed by atoms with van der Waals surface area (Å²) in [6, 6.07) is 8.94. The van der Waals surface area contributed by atoms with Gasteiger partial charge in [0.25, 0.3) is 0 Å². The SMILES string of the molecule is NC(=O)c1cc(Nc2ncnc(N3CC(Oc4ccc(C(F)(F)F)cc4)C3)n2)ccc1CF. The zero-order valence-corrected chi connectivity index (χ0v) is 17.0. The molecule has 1 aliphatic rings. The summed E-state index contributed by atoms with van der Waals surface area (Å²) in [6.07, 6.45) is -3.33. The van der Waals surface area contributed by atoms with Gasteiger partial charge < -0.3 is 20.7 Å². The minimum absolute atomic E-state index is 0.0581. The molecule has 2 heterocycles. The Morgan fingerprint density at radius 2 is 1.88 bits per heavy atom. The lowest BCUT2D eigenvalue weighted by atomic mass is 10.1. The van der Waals surface area contributed by atoms with Crippen molar-refractivity contribution in [2.45, 2.75) is 19.0 Å². The Labute approximate surface area is 185 Å². The molecule has 3 aromatic rings. The lowest BCUT2D eigenvalue weighted by Gasteiger charge is -2.38. The molecular formula is C21H18F4N6O2. The Morgan fingerprint density at radius 3 is 2.52 bits per heavy atom. The summed E-state index contributed by atoms with van der Waals surface area (Å²) >= 11 is 0. The summed E-state index contributed by atoms with van der Waals surface area (Å²) in [5, 5.41) is 2.92. The van der Waals surface area contributed by atoms with Crippen LogP contribution in [0.15, 0.2) is 48.8 Å². The lowest BCUT2D eigenvalue weighted by molar-refractivity contribution is -0.137. The van der Waals surface area contributed by atoms with Gasteiger partial charge in [0.05, 0.1) is 18.7 Å². The van der Waals surface area contributed by atoms with Crippen molar-refractivity contribution in [2.75, 3.05) is 23.3 Å². The number of alkyl halides is 4. The van der Waals surface area contributed by atoms with Crippen LogP contribution in [0.25, 0.3) is 0 Å². The minimum atomic E-state index is -4.40. The van der Waals surface area contributed by atoms with Crippen LogP contribution < -0.4 is 20.7 Å². The minimum Gasteiger partial charge on any atom is -0.487 e. The second-order valence-electron chi connectivity index (χ2n) is 7.27. The standard InChI is InChI=1S/C21H18F4N6O2/c22-8-12-1-4-14(7-17(12)18(26)32)29-19-27-11-28-20(30-19)31-9-16(10-31)33-15-5-2-13(3-6-15)21(23,24)25/h1-7,11,16H,8-10H2,(H2,26,32)(H,27,28,29,30). The van der Waals surface area contributed by atoms with Gasteiger partial charge in [0.1, 0.15) is 24.9 Å². The first kappa shape index (κ1) is 22.2. The van der Waals surface area contributed by atoms with Crippen LogP contribution in [0.2, 0.25) is 0 Å². The van der Waals surface area contributed by atoms with Crippen molar-refractivity contribution in [1.29, 1.82) is 0 Å². The number of rotatable bonds is 7. The molecule has 1 fully saturated rings. The highest BCUT2D eigenvalue weighted by atomic mass is 19.4. The average molecular weight is 462 g/mol. The van der Waals surface area contributed by atoms with Gasteiger partial charge in [0.15, 0.2) is 0 Å². The van der Waals surface area contributed by atoms with Crippen LogP contribution in [0.3, 0.4) is 0 Å². The van der Waals surface area contributed by atoms with Gasteiger partial charge in [-0.05, 0) is 42.0 Å². The Kier molecular flexibility index (Phi) is 5.99. The Hall–Kier alpha value is -3.96. The third-order valence-electron chi connectivity index (χ3n) is 4.95. The molecule has 12 heteroatoms. The Bertz CT molecular complexity index is 1150. The molecule has 0 saturated carbocycles. The third kappa shape index (κ3) is 5.10.